The molecule has 6 heteroatoms. The van der Waals surface area contributed by atoms with Gasteiger partial charge in [-0.2, -0.15) is 0 Å². The highest BCUT2D eigenvalue weighted by Crippen LogP contribution is 2.32. The molecule has 0 saturated carbocycles. The third-order valence-electron chi connectivity index (χ3n) is 7.98. The van der Waals surface area contributed by atoms with Crippen molar-refractivity contribution in [2.45, 2.75) is 38.1 Å². The number of nitrogens with zero attached hydrogens (tertiary/aromatic N) is 2. The molecule has 2 fully saturated rings. The van der Waals surface area contributed by atoms with Gasteiger partial charge in [0.15, 0.2) is 0 Å². The highest BCUT2D eigenvalue weighted by Gasteiger charge is 2.33. The summed E-state index contributed by atoms with van der Waals surface area (Å²) in [6, 6.07) is 16.9. The van der Waals surface area contributed by atoms with E-state index in [0.717, 1.165) is 48.3 Å². The number of aromatic nitrogens is 1. The highest BCUT2D eigenvalue weighted by molar-refractivity contribution is 6.00. The molecule has 0 spiro atoms. The number of benzene rings is 2. The molecule has 2 aromatic carbocycles. The van der Waals surface area contributed by atoms with E-state index in [2.05, 4.69) is 22.2 Å². The number of rotatable bonds is 6. The Morgan fingerprint density at radius 3 is 2.34 bits per heavy atom. The van der Waals surface area contributed by atoms with Gasteiger partial charge in [-0.25, -0.2) is 0 Å². The third-order valence-corrected chi connectivity index (χ3v) is 7.98. The first kappa shape index (κ1) is 23.6. The van der Waals surface area contributed by atoms with Crippen molar-refractivity contribution in [2.75, 3.05) is 33.2 Å². The molecule has 35 heavy (non-hydrogen) atoms. The van der Waals surface area contributed by atoms with Crippen LogP contribution in [0.25, 0.3) is 10.9 Å². The van der Waals surface area contributed by atoms with Crippen molar-refractivity contribution in [3.8, 4) is 0 Å². The second kappa shape index (κ2) is 10.6. The van der Waals surface area contributed by atoms with Gasteiger partial charge in [-0.1, -0.05) is 30.3 Å². The lowest BCUT2D eigenvalue weighted by molar-refractivity contribution is -0.135. The average molecular weight is 473 g/mol. The molecule has 1 aromatic heterocycles. The van der Waals surface area contributed by atoms with Gasteiger partial charge in [-0.05, 0) is 87.5 Å². The predicted octanol–water partition coefficient (Wildman–Crippen LogP) is 4.09. The molecule has 2 amide bonds. The average Bonchev–Trinajstić information content (AvgIpc) is 3.37. The van der Waals surface area contributed by atoms with Gasteiger partial charge in [0.05, 0.1) is 0 Å². The number of likely N-dealkylation sites (tertiary alicyclic amines) is 2. The number of carbonyl (C=O) groups is 2. The van der Waals surface area contributed by atoms with Crippen LogP contribution in [-0.4, -0.2) is 65.9 Å². The Labute approximate surface area is 207 Å². The molecule has 2 saturated heterocycles. The summed E-state index contributed by atoms with van der Waals surface area (Å²) in [6.45, 7) is 3.94. The fourth-order valence-electron chi connectivity index (χ4n) is 5.80. The van der Waals surface area contributed by atoms with Gasteiger partial charge in [0.2, 0.25) is 5.91 Å². The van der Waals surface area contributed by atoms with Crippen molar-refractivity contribution < 1.29 is 9.59 Å². The van der Waals surface area contributed by atoms with E-state index in [9.17, 15) is 9.59 Å². The molecule has 0 unspecified atom stereocenters. The second-order valence-electron chi connectivity index (χ2n) is 10.3. The smallest absolute Gasteiger partial charge is 0.251 e. The summed E-state index contributed by atoms with van der Waals surface area (Å²) in [5, 5.41) is 4.06. The van der Waals surface area contributed by atoms with Crippen LogP contribution in [0.4, 0.5) is 0 Å². The Balaban J connectivity index is 1.26. The van der Waals surface area contributed by atoms with Gasteiger partial charge >= 0.3 is 0 Å². The first-order valence-electron chi connectivity index (χ1n) is 13.0. The van der Waals surface area contributed by atoms with Crippen LogP contribution in [0.5, 0.6) is 0 Å². The van der Waals surface area contributed by atoms with Crippen LogP contribution in [0.15, 0.2) is 60.8 Å². The Morgan fingerprint density at radius 1 is 0.943 bits per heavy atom. The zero-order valence-electron chi connectivity index (χ0n) is 20.6. The van der Waals surface area contributed by atoms with Crippen LogP contribution in [0.3, 0.4) is 0 Å². The molecule has 0 aliphatic carbocycles. The van der Waals surface area contributed by atoms with E-state index in [4.69, 9.17) is 0 Å². The molecule has 1 atom stereocenters. The lowest BCUT2D eigenvalue weighted by Crippen LogP contribution is -2.52. The summed E-state index contributed by atoms with van der Waals surface area (Å²) in [4.78, 5) is 34.4. The summed E-state index contributed by atoms with van der Waals surface area (Å²) >= 11 is 0. The minimum atomic E-state index is -0.577. The highest BCUT2D eigenvalue weighted by atomic mass is 16.2. The van der Waals surface area contributed by atoms with E-state index in [1.54, 1.807) is 0 Å². The van der Waals surface area contributed by atoms with Crippen LogP contribution in [0.1, 0.15) is 41.6 Å². The summed E-state index contributed by atoms with van der Waals surface area (Å²) in [6.07, 6.45) is 7.03. The normalized spacial score (nSPS) is 19.1. The van der Waals surface area contributed by atoms with Gasteiger partial charge in [0.1, 0.15) is 6.04 Å². The minimum Gasteiger partial charge on any atom is -0.361 e. The topological polar surface area (TPSA) is 68.4 Å². The number of carbonyl (C=O) groups excluding carboxylic acids is 2. The molecule has 0 radical (unpaired) electrons. The van der Waals surface area contributed by atoms with Gasteiger partial charge < -0.3 is 20.1 Å². The Morgan fingerprint density at radius 2 is 1.63 bits per heavy atom. The number of H-pyrrole nitrogens is 1. The maximum atomic E-state index is 13.7. The quantitative estimate of drug-likeness (QED) is 0.568. The molecule has 2 N–H and O–H groups in total. The van der Waals surface area contributed by atoms with Crippen LogP contribution < -0.4 is 5.32 Å². The molecule has 184 valence electrons. The standard InChI is InChI=1S/C29H36N4O2/c1-32-15-10-22(11-16-32)23-12-17-33(18-13-23)29(35)27(19-21-5-3-2-4-6-21)31-28(34)25-7-8-26-24(20-25)9-14-30-26/h2-9,14,20,22-23,27,30H,10-13,15-19H2,1H3,(H,31,34)/t27-/m1/s1. The van der Waals surface area contributed by atoms with Crippen molar-refractivity contribution in [1.29, 1.82) is 0 Å². The van der Waals surface area contributed by atoms with Crippen molar-refractivity contribution in [3.05, 3.63) is 71.9 Å². The van der Waals surface area contributed by atoms with Crippen molar-refractivity contribution in [3.63, 3.8) is 0 Å². The Hall–Kier alpha value is -3.12. The number of piperidine rings is 2. The number of nitrogens with one attached hydrogen (secondary N) is 2. The Bertz CT molecular complexity index is 1140. The van der Waals surface area contributed by atoms with Crippen molar-refractivity contribution in [2.24, 2.45) is 11.8 Å². The van der Waals surface area contributed by atoms with Crippen molar-refractivity contribution in [1.82, 2.24) is 20.1 Å². The summed E-state index contributed by atoms with van der Waals surface area (Å²) in [7, 11) is 2.20. The van der Waals surface area contributed by atoms with E-state index in [1.165, 1.54) is 25.9 Å². The van der Waals surface area contributed by atoms with E-state index in [1.807, 2.05) is 65.7 Å². The summed E-state index contributed by atoms with van der Waals surface area (Å²) < 4.78 is 0. The number of hydrogen-bond donors (Lipinski definition) is 2. The van der Waals surface area contributed by atoms with E-state index in [-0.39, 0.29) is 11.8 Å². The number of amides is 2. The fraction of sp³-hybridized carbons (Fsp3) is 0.448. The van der Waals surface area contributed by atoms with Crippen LogP contribution in [0, 0.1) is 11.8 Å². The van der Waals surface area contributed by atoms with E-state index < -0.39 is 6.04 Å². The number of fused-ring (bicyclic) bond motifs is 1. The summed E-state index contributed by atoms with van der Waals surface area (Å²) in [5.41, 5.74) is 2.61. The van der Waals surface area contributed by atoms with Gasteiger partial charge in [0.25, 0.3) is 5.91 Å². The molecule has 2 aliphatic rings. The third kappa shape index (κ3) is 5.59. The van der Waals surface area contributed by atoms with Gasteiger partial charge in [-0.3, -0.25) is 9.59 Å². The lowest BCUT2D eigenvalue weighted by Gasteiger charge is -2.40. The molecular weight excluding hydrogens is 436 g/mol. The van der Waals surface area contributed by atoms with E-state index >= 15 is 0 Å². The molecule has 2 aliphatic heterocycles. The van der Waals surface area contributed by atoms with Gasteiger partial charge in [0, 0.05) is 42.2 Å². The molecule has 6 nitrogen and oxygen atoms in total. The molecular formula is C29H36N4O2. The maximum absolute atomic E-state index is 13.7. The van der Waals surface area contributed by atoms with Crippen LogP contribution in [-0.2, 0) is 11.2 Å². The van der Waals surface area contributed by atoms with Crippen LogP contribution in [0.2, 0.25) is 0 Å². The number of hydrogen-bond acceptors (Lipinski definition) is 3. The SMILES string of the molecule is CN1CCC(C2CCN(C(=O)[C@@H](Cc3ccccc3)NC(=O)c3ccc4[nH]ccc4c3)CC2)CC1. The molecule has 0 bridgehead atoms. The maximum Gasteiger partial charge on any atom is 0.251 e. The number of aromatic amines is 1. The largest absolute Gasteiger partial charge is 0.361 e. The second-order valence-corrected chi connectivity index (χ2v) is 10.3. The first-order valence-corrected chi connectivity index (χ1v) is 13.0. The molecule has 5 rings (SSSR count). The fourth-order valence-corrected chi connectivity index (χ4v) is 5.80. The molecule has 3 heterocycles. The van der Waals surface area contributed by atoms with Crippen LogP contribution >= 0.6 is 0 Å². The zero-order chi connectivity index (χ0) is 24.2. The Kier molecular flexibility index (Phi) is 7.19. The predicted molar refractivity (Wildman–Crippen MR) is 139 cm³/mol. The minimum absolute atomic E-state index is 0.0340. The van der Waals surface area contributed by atoms with Crippen molar-refractivity contribution >= 4 is 22.7 Å². The zero-order valence-corrected chi connectivity index (χ0v) is 20.6. The lowest BCUT2D eigenvalue weighted by atomic mass is 9.79. The first-order chi connectivity index (χ1) is 17.1. The van der Waals surface area contributed by atoms with E-state index in [0.29, 0.717) is 17.9 Å². The summed E-state index contributed by atoms with van der Waals surface area (Å²) in [5.74, 6) is 1.32. The van der Waals surface area contributed by atoms with Gasteiger partial charge in [-0.15, -0.1) is 0 Å². The monoisotopic (exact) mass is 472 g/mol. The molecule has 3 aromatic rings.